The number of hydrogen-bond acceptors (Lipinski definition) is 2. The van der Waals surface area contributed by atoms with Crippen molar-refractivity contribution in [2.75, 3.05) is 0 Å². The summed E-state index contributed by atoms with van der Waals surface area (Å²) >= 11 is 0. The van der Waals surface area contributed by atoms with Crippen LogP contribution in [0.4, 0.5) is 0 Å². The van der Waals surface area contributed by atoms with Crippen molar-refractivity contribution in [2.24, 2.45) is 0 Å². The Balaban J connectivity index is 0. The van der Waals surface area contributed by atoms with Gasteiger partial charge in [0.25, 0.3) is 0 Å². The van der Waals surface area contributed by atoms with Gasteiger partial charge in [0.1, 0.15) is 0 Å². The van der Waals surface area contributed by atoms with Crippen molar-refractivity contribution in [1.82, 2.24) is 0 Å². The molecule has 0 amide bonds. The fourth-order valence-corrected chi connectivity index (χ4v) is 2.86. The van der Waals surface area contributed by atoms with Gasteiger partial charge in [0.05, 0.1) is 0 Å². The van der Waals surface area contributed by atoms with Crippen LogP contribution in [-0.2, 0) is 39.0 Å². The third kappa shape index (κ3) is 7.40. The standard InChI is InChI=1S/C19H18O2.2HI.2Zn/c20-16-11-17(21)13-19(15-9-5-2-6-10-15)18(12-16)14-7-3-1-4-8-14;;;;/h1-10,12-13,18-21H,11H2;2*1H;;/q;;;2*+2/p-4/t18-,19+;;;;. The summed E-state index contributed by atoms with van der Waals surface area (Å²) in [7, 11) is 0. The van der Waals surface area contributed by atoms with Gasteiger partial charge in [-0.3, -0.25) is 0 Å². The first kappa shape index (κ1) is 27.4. The van der Waals surface area contributed by atoms with Crippen LogP contribution in [0.5, 0.6) is 0 Å². The van der Waals surface area contributed by atoms with Crippen LogP contribution >= 0.6 is 0 Å². The fraction of sp³-hybridized carbons (Fsp3) is 0.158. The van der Waals surface area contributed by atoms with Crippen molar-refractivity contribution in [3.8, 4) is 0 Å². The molecular formula is C19H16I2O2Zn2. The quantitative estimate of drug-likeness (QED) is 0.248. The molecule has 1 aliphatic rings. The zero-order valence-corrected chi connectivity index (χ0v) is 24.0. The molecule has 1 aliphatic carbocycles. The second-order valence-electron chi connectivity index (χ2n) is 5.32. The maximum Gasteiger partial charge on any atom is 2.00 e. The monoisotopic (exact) mass is 658 g/mol. The molecule has 0 aromatic heterocycles. The molecule has 0 heterocycles. The molecule has 2 atom stereocenters. The molecule has 0 N–H and O–H groups in total. The molecule has 3 rings (SSSR count). The van der Waals surface area contributed by atoms with Gasteiger partial charge in [-0.15, -0.1) is 11.5 Å². The third-order valence-corrected chi connectivity index (χ3v) is 3.84. The Kier molecular flexibility index (Phi) is 14.7. The van der Waals surface area contributed by atoms with Crippen molar-refractivity contribution in [2.45, 2.75) is 18.3 Å². The summed E-state index contributed by atoms with van der Waals surface area (Å²) in [6, 6.07) is 19.8. The van der Waals surface area contributed by atoms with Gasteiger partial charge in [-0.2, -0.15) is 0 Å². The van der Waals surface area contributed by atoms with E-state index in [2.05, 4.69) is 0 Å². The average Bonchev–Trinajstić information content (AvgIpc) is 2.67. The summed E-state index contributed by atoms with van der Waals surface area (Å²) < 4.78 is 0. The smallest absolute Gasteiger partial charge is 1.00 e. The van der Waals surface area contributed by atoms with Crippen molar-refractivity contribution in [3.05, 3.63) is 95.5 Å². The Morgan fingerprint density at radius 3 is 1.24 bits per heavy atom. The van der Waals surface area contributed by atoms with E-state index in [0.717, 1.165) is 11.1 Å². The summed E-state index contributed by atoms with van der Waals surface area (Å²) in [6.07, 6.45) is 3.38. The SMILES string of the molecule is [I-].[I-].[O-]C1=C[C@H](c2ccccc2)[C@H](c2ccccc2)C=C([O-])C1.[Zn+2].[Zn+2]. The minimum absolute atomic E-state index is 0. The van der Waals surface area contributed by atoms with E-state index in [0.29, 0.717) is 0 Å². The Labute approximate surface area is 208 Å². The summed E-state index contributed by atoms with van der Waals surface area (Å²) in [4.78, 5) is 0. The summed E-state index contributed by atoms with van der Waals surface area (Å²) in [5, 5.41) is 23.9. The first-order valence-electron chi connectivity index (χ1n) is 7.09. The zero-order valence-electron chi connectivity index (χ0n) is 13.8. The second-order valence-corrected chi connectivity index (χ2v) is 5.32. The maximum absolute atomic E-state index is 12.0. The van der Waals surface area contributed by atoms with Crippen molar-refractivity contribution in [3.63, 3.8) is 0 Å². The van der Waals surface area contributed by atoms with Crippen LogP contribution in [0.2, 0.25) is 0 Å². The molecule has 0 spiro atoms. The van der Waals surface area contributed by atoms with E-state index in [-0.39, 0.29) is 117 Å². The number of allylic oxidation sites excluding steroid dienone is 2. The van der Waals surface area contributed by atoms with E-state index in [4.69, 9.17) is 0 Å². The van der Waals surface area contributed by atoms with Crippen LogP contribution < -0.4 is 58.2 Å². The molecule has 0 saturated carbocycles. The summed E-state index contributed by atoms with van der Waals surface area (Å²) in [5.41, 5.74) is 2.12. The molecule has 0 fully saturated rings. The number of benzene rings is 2. The zero-order chi connectivity index (χ0) is 14.7. The van der Waals surface area contributed by atoms with Crippen LogP contribution in [0.15, 0.2) is 84.3 Å². The number of rotatable bonds is 2. The van der Waals surface area contributed by atoms with Gasteiger partial charge in [-0.25, -0.2) is 0 Å². The predicted molar refractivity (Wildman–Crippen MR) is 79.1 cm³/mol. The predicted octanol–water partition coefficient (Wildman–Crippen LogP) is -3.55. The molecule has 122 valence electrons. The number of hydrogen-bond donors (Lipinski definition) is 0. The van der Waals surface area contributed by atoms with Crippen molar-refractivity contribution < 1.29 is 97.1 Å². The molecule has 2 aromatic carbocycles. The molecule has 0 radical (unpaired) electrons. The normalized spacial score (nSPS) is 18.6. The Morgan fingerprint density at radius 1 is 0.600 bits per heavy atom. The fourth-order valence-electron chi connectivity index (χ4n) is 2.86. The van der Waals surface area contributed by atoms with Gasteiger partial charge in [-0.05, 0) is 17.5 Å². The molecule has 0 bridgehead atoms. The van der Waals surface area contributed by atoms with Crippen molar-refractivity contribution in [1.29, 1.82) is 0 Å². The van der Waals surface area contributed by atoms with E-state index in [1.165, 1.54) is 0 Å². The summed E-state index contributed by atoms with van der Waals surface area (Å²) in [6.45, 7) is 0. The van der Waals surface area contributed by atoms with E-state index in [9.17, 15) is 10.2 Å². The number of halogens is 2. The van der Waals surface area contributed by atoms with Gasteiger partial charge < -0.3 is 58.2 Å². The molecule has 25 heavy (non-hydrogen) atoms. The molecule has 2 aromatic rings. The molecule has 2 nitrogen and oxygen atoms in total. The molecule has 6 heteroatoms. The van der Waals surface area contributed by atoms with E-state index < -0.39 is 0 Å². The van der Waals surface area contributed by atoms with Gasteiger partial charge >= 0.3 is 39.0 Å². The van der Waals surface area contributed by atoms with Gasteiger partial charge in [-0.1, -0.05) is 72.8 Å². The van der Waals surface area contributed by atoms with Crippen LogP contribution in [-0.4, -0.2) is 0 Å². The minimum Gasteiger partial charge on any atom is -1.00 e. The molecule has 0 saturated heterocycles. The van der Waals surface area contributed by atoms with Crippen LogP contribution in [0, 0.1) is 0 Å². The minimum atomic E-state index is -0.0939. The molecular weight excluding hydrogens is 645 g/mol. The van der Waals surface area contributed by atoms with Crippen molar-refractivity contribution >= 4 is 0 Å². The first-order valence-corrected chi connectivity index (χ1v) is 7.09. The Morgan fingerprint density at radius 2 is 0.920 bits per heavy atom. The summed E-state index contributed by atoms with van der Waals surface area (Å²) in [5.74, 6) is -0.368. The van der Waals surface area contributed by atoms with Gasteiger partial charge in [0.2, 0.25) is 0 Å². The largest absolute Gasteiger partial charge is 2.00 e. The van der Waals surface area contributed by atoms with Gasteiger partial charge in [0, 0.05) is 11.8 Å². The first-order chi connectivity index (χ1) is 10.2. The second kappa shape index (κ2) is 13.4. The Bertz CT molecular complexity index is 617. The molecule has 0 unspecified atom stereocenters. The van der Waals surface area contributed by atoms with Crippen LogP contribution in [0.1, 0.15) is 29.4 Å². The van der Waals surface area contributed by atoms with E-state index in [1.807, 2.05) is 60.7 Å². The topological polar surface area (TPSA) is 46.1 Å². The third-order valence-electron chi connectivity index (χ3n) is 3.84. The maximum atomic E-state index is 12.0. The average molecular weight is 661 g/mol. The van der Waals surface area contributed by atoms with E-state index in [1.54, 1.807) is 12.2 Å². The van der Waals surface area contributed by atoms with E-state index >= 15 is 0 Å². The molecule has 0 aliphatic heterocycles. The van der Waals surface area contributed by atoms with Crippen LogP contribution in [0.3, 0.4) is 0 Å². The van der Waals surface area contributed by atoms with Gasteiger partial charge in [0.15, 0.2) is 0 Å². The Hall–Kier alpha value is 0.227. The van der Waals surface area contributed by atoms with Crippen LogP contribution in [0.25, 0.3) is 0 Å².